The van der Waals surface area contributed by atoms with Crippen molar-refractivity contribution in [1.29, 1.82) is 0 Å². The van der Waals surface area contributed by atoms with Crippen molar-refractivity contribution in [3.05, 3.63) is 33.9 Å². The number of barbiturate groups is 1. The summed E-state index contributed by atoms with van der Waals surface area (Å²) in [4.78, 5) is 63.8. The van der Waals surface area contributed by atoms with Gasteiger partial charge in [0.1, 0.15) is 0 Å². The number of nitro benzene ring substituents is 1. The number of anilines is 1. The van der Waals surface area contributed by atoms with E-state index >= 15 is 0 Å². The standard InChI is InChI=1S/C18H19N5O7/c1-2-30-17(27)21-5-6-22-12-4-3-11(23(28)29)7-10(12)8-18(13(22)9-21)14(24)19-16(26)20-15(18)25/h3-4,7,13H,2,5-6,8-9H2,1H3,(H2,19,20,24,25,26)/t13-/m0/s1. The molecule has 3 aliphatic heterocycles. The largest absolute Gasteiger partial charge is 0.450 e. The van der Waals surface area contributed by atoms with Gasteiger partial charge in [-0.15, -0.1) is 0 Å². The summed E-state index contributed by atoms with van der Waals surface area (Å²) in [6, 6.07) is 2.57. The first-order chi connectivity index (χ1) is 14.3. The van der Waals surface area contributed by atoms with Crippen LogP contribution in [0.1, 0.15) is 12.5 Å². The average Bonchev–Trinajstić information content (AvgIpc) is 2.71. The maximum absolute atomic E-state index is 13.0. The molecule has 0 bridgehead atoms. The van der Waals surface area contributed by atoms with Crippen molar-refractivity contribution >= 4 is 35.3 Å². The summed E-state index contributed by atoms with van der Waals surface area (Å²) in [6.45, 7) is 2.43. The second-order valence-corrected chi connectivity index (χ2v) is 7.31. The lowest BCUT2D eigenvalue weighted by molar-refractivity contribution is -0.384. The van der Waals surface area contributed by atoms with Crippen molar-refractivity contribution in [1.82, 2.24) is 15.5 Å². The molecular formula is C18H19N5O7. The number of piperazine rings is 1. The Kier molecular flexibility index (Phi) is 4.56. The van der Waals surface area contributed by atoms with Crippen LogP contribution in [0.3, 0.4) is 0 Å². The zero-order valence-corrected chi connectivity index (χ0v) is 16.0. The van der Waals surface area contributed by atoms with E-state index < -0.39 is 40.3 Å². The molecule has 2 N–H and O–H groups in total. The Hall–Kier alpha value is -3.70. The van der Waals surface area contributed by atoms with E-state index in [2.05, 4.69) is 10.6 Å². The summed E-state index contributed by atoms with van der Waals surface area (Å²) in [5, 5.41) is 15.5. The van der Waals surface area contributed by atoms with Gasteiger partial charge in [-0.3, -0.25) is 30.3 Å². The number of nitro groups is 1. The fourth-order valence-corrected chi connectivity index (χ4v) is 4.43. The molecule has 3 aliphatic rings. The van der Waals surface area contributed by atoms with Gasteiger partial charge >= 0.3 is 12.1 Å². The van der Waals surface area contributed by atoms with Crippen molar-refractivity contribution in [3.63, 3.8) is 0 Å². The molecule has 1 atom stereocenters. The molecule has 3 heterocycles. The molecule has 158 valence electrons. The van der Waals surface area contributed by atoms with Crippen LogP contribution in [0.5, 0.6) is 0 Å². The number of hydrogen-bond donors (Lipinski definition) is 2. The van der Waals surface area contributed by atoms with E-state index in [1.165, 1.54) is 17.0 Å². The Bertz CT molecular complexity index is 958. The van der Waals surface area contributed by atoms with Gasteiger partial charge < -0.3 is 14.5 Å². The summed E-state index contributed by atoms with van der Waals surface area (Å²) in [5.74, 6) is -1.59. The zero-order chi connectivity index (χ0) is 21.6. The summed E-state index contributed by atoms with van der Waals surface area (Å²) >= 11 is 0. The van der Waals surface area contributed by atoms with E-state index in [9.17, 15) is 29.3 Å². The second-order valence-electron chi connectivity index (χ2n) is 7.31. The normalized spacial score (nSPS) is 22.0. The summed E-state index contributed by atoms with van der Waals surface area (Å²) in [6.07, 6.45) is -0.707. The summed E-state index contributed by atoms with van der Waals surface area (Å²) < 4.78 is 5.06. The number of nitrogens with zero attached hydrogens (tertiary/aromatic N) is 3. The molecule has 0 saturated carbocycles. The van der Waals surface area contributed by atoms with E-state index in [4.69, 9.17) is 4.74 Å². The Morgan fingerprint density at radius 2 is 1.97 bits per heavy atom. The number of nitrogens with one attached hydrogen (secondary N) is 2. The molecule has 1 spiro atoms. The number of non-ortho nitro benzene ring substituents is 1. The van der Waals surface area contributed by atoms with Crippen molar-refractivity contribution in [3.8, 4) is 0 Å². The van der Waals surface area contributed by atoms with Crippen molar-refractivity contribution < 1.29 is 28.8 Å². The quantitative estimate of drug-likeness (QED) is 0.392. The highest BCUT2D eigenvalue weighted by atomic mass is 16.6. The average molecular weight is 417 g/mol. The Labute approximate surface area is 170 Å². The molecule has 1 aromatic rings. The number of carbonyl (C=O) groups is 4. The maximum atomic E-state index is 13.0. The second kappa shape index (κ2) is 6.97. The molecular weight excluding hydrogens is 398 g/mol. The van der Waals surface area contributed by atoms with Crippen LogP contribution in [0.4, 0.5) is 21.0 Å². The molecule has 12 heteroatoms. The monoisotopic (exact) mass is 417 g/mol. The van der Waals surface area contributed by atoms with Gasteiger partial charge in [0.05, 0.1) is 17.6 Å². The zero-order valence-electron chi connectivity index (χ0n) is 16.0. The Balaban J connectivity index is 1.81. The molecule has 0 aromatic heterocycles. The third-order valence-electron chi connectivity index (χ3n) is 5.79. The number of urea groups is 1. The highest BCUT2D eigenvalue weighted by Gasteiger charge is 2.61. The van der Waals surface area contributed by atoms with Crippen LogP contribution in [0.15, 0.2) is 18.2 Å². The highest BCUT2D eigenvalue weighted by Crippen LogP contribution is 2.45. The molecule has 12 nitrogen and oxygen atoms in total. The fourth-order valence-electron chi connectivity index (χ4n) is 4.43. The lowest BCUT2D eigenvalue weighted by Crippen LogP contribution is -2.75. The van der Waals surface area contributed by atoms with Crippen LogP contribution in [-0.4, -0.2) is 66.0 Å². The summed E-state index contributed by atoms with van der Waals surface area (Å²) in [7, 11) is 0. The third-order valence-corrected chi connectivity index (χ3v) is 5.79. The molecule has 5 amide bonds. The molecule has 1 aromatic carbocycles. The van der Waals surface area contributed by atoms with E-state index in [-0.39, 0.29) is 38.3 Å². The van der Waals surface area contributed by atoms with Gasteiger partial charge in [0.15, 0.2) is 5.41 Å². The Morgan fingerprint density at radius 3 is 2.60 bits per heavy atom. The van der Waals surface area contributed by atoms with E-state index in [1.807, 2.05) is 0 Å². The fraction of sp³-hybridized carbons (Fsp3) is 0.444. The first kappa shape index (κ1) is 19.6. The van der Waals surface area contributed by atoms with Gasteiger partial charge in [0, 0.05) is 43.9 Å². The van der Waals surface area contributed by atoms with Gasteiger partial charge in [-0.1, -0.05) is 0 Å². The van der Waals surface area contributed by atoms with Crippen LogP contribution in [-0.2, 0) is 20.7 Å². The number of hydrogen-bond acceptors (Lipinski definition) is 8. The maximum Gasteiger partial charge on any atom is 0.409 e. The van der Waals surface area contributed by atoms with Crippen LogP contribution >= 0.6 is 0 Å². The van der Waals surface area contributed by atoms with Crippen LogP contribution in [0.25, 0.3) is 0 Å². The van der Waals surface area contributed by atoms with Gasteiger partial charge in [-0.25, -0.2) is 9.59 Å². The number of fused-ring (bicyclic) bond motifs is 4. The number of benzene rings is 1. The highest BCUT2D eigenvalue weighted by molar-refractivity contribution is 6.20. The predicted octanol–water partition coefficient (Wildman–Crippen LogP) is 0.150. The molecule has 0 radical (unpaired) electrons. The van der Waals surface area contributed by atoms with E-state index in [1.54, 1.807) is 17.9 Å². The first-order valence-electron chi connectivity index (χ1n) is 9.40. The van der Waals surface area contributed by atoms with Gasteiger partial charge in [-0.05, 0) is 18.6 Å². The molecule has 0 aliphatic carbocycles. The van der Waals surface area contributed by atoms with Gasteiger partial charge in [0.25, 0.3) is 5.69 Å². The lowest BCUT2D eigenvalue weighted by Gasteiger charge is -2.53. The number of rotatable bonds is 2. The lowest BCUT2D eigenvalue weighted by atomic mass is 9.68. The van der Waals surface area contributed by atoms with Crippen LogP contribution in [0.2, 0.25) is 0 Å². The Morgan fingerprint density at radius 1 is 1.27 bits per heavy atom. The number of imide groups is 2. The van der Waals surface area contributed by atoms with Crippen molar-refractivity contribution in [2.45, 2.75) is 19.4 Å². The third kappa shape index (κ3) is 2.83. The minimum absolute atomic E-state index is 0.0181. The minimum Gasteiger partial charge on any atom is -0.450 e. The number of amides is 5. The SMILES string of the molecule is CCOC(=O)N1CCN2c3ccc([N+](=O)[O-])cc3CC3(C(=O)NC(=O)NC3=O)[C@@H]2C1. The number of carbonyl (C=O) groups excluding carboxylic acids is 4. The van der Waals surface area contributed by atoms with Crippen molar-refractivity contribution in [2.75, 3.05) is 31.1 Å². The van der Waals surface area contributed by atoms with E-state index in [0.29, 0.717) is 11.3 Å². The van der Waals surface area contributed by atoms with Crippen LogP contribution < -0.4 is 15.5 Å². The predicted molar refractivity (Wildman–Crippen MR) is 101 cm³/mol. The van der Waals surface area contributed by atoms with Gasteiger partial charge in [0.2, 0.25) is 11.8 Å². The first-order valence-corrected chi connectivity index (χ1v) is 9.40. The molecule has 0 unspecified atom stereocenters. The van der Waals surface area contributed by atoms with Gasteiger partial charge in [-0.2, -0.15) is 0 Å². The molecule has 4 rings (SSSR count). The van der Waals surface area contributed by atoms with Crippen molar-refractivity contribution in [2.24, 2.45) is 5.41 Å². The number of ether oxygens (including phenoxy) is 1. The molecule has 2 fully saturated rings. The topological polar surface area (TPSA) is 151 Å². The minimum atomic E-state index is -1.73. The molecule has 2 saturated heterocycles. The summed E-state index contributed by atoms with van der Waals surface area (Å²) in [5.41, 5.74) is -0.802. The molecule has 30 heavy (non-hydrogen) atoms. The van der Waals surface area contributed by atoms with E-state index in [0.717, 1.165) is 0 Å². The smallest absolute Gasteiger partial charge is 0.409 e. The van der Waals surface area contributed by atoms with Crippen LogP contribution in [0, 0.1) is 15.5 Å².